The van der Waals surface area contributed by atoms with Crippen molar-refractivity contribution < 1.29 is 9.53 Å². The predicted octanol–water partition coefficient (Wildman–Crippen LogP) is 4.42. The molecule has 116 valence electrons. The molecule has 0 amide bonds. The van der Waals surface area contributed by atoms with Crippen molar-refractivity contribution in [2.75, 3.05) is 6.61 Å². The molecule has 1 aromatic heterocycles. The molecule has 1 fully saturated rings. The normalized spacial score (nSPS) is 29.0. The number of hydrogen-bond donors (Lipinski definition) is 0. The summed E-state index contributed by atoms with van der Waals surface area (Å²) in [4.78, 5) is 18.4. The minimum Gasteiger partial charge on any atom is -0.465 e. The van der Waals surface area contributed by atoms with E-state index in [2.05, 4.69) is 6.92 Å². The topological polar surface area (TPSA) is 39.2 Å². The Bertz CT molecular complexity index is 511. The third-order valence-electron chi connectivity index (χ3n) is 4.83. The van der Waals surface area contributed by atoms with E-state index in [1.165, 1.54) is 35.6 Å². The molecule has 0 saturated heterocycles. The van der Waals surface area contributed by atoms with Crippen LogP contribution in [0.2, 0.25) is 0 Å². The first kappa shape index (κ1) is 15.0. The zero-order chi connectivity index (χ0) is 14.8. The molecule has 2 aliphatic rings. The summed E-state index contributed by atoms with van der Waals surface area (Å²) < 4.78 is 5.24. The molecule has 4 heteroatoms. The number of aryl methyl sites for hydroxylation is 1. The Hall–Kier alpha value is -0.900. The van der Waals surface area contributed by atoms with Gasteiger partial charge in [-0.2, -0.15) is 0 Å². The minimum absolute atomic E-state index is 0.0766. The van der Waals surface area contributed by atoms with Crippen molar-refractivity contribution in [3.63, 3.8) is 0 Å². The standard InChI is InChI=1S/C17H25NO2S/c1-3-20-17(19)13-8-5-9-14-15(13)18-16(21-14)12-7-4-6-11(2)10-12/h11-13H,3-10H2,1-2H3. The second-order valence-electron chi connectivity index (χ2n) is 6.53. The lowest BCUT2D eigenvalue weighted by Gasteiger charge is -2.25. The molecule has 3 nitrogen and oxygen atoms in total. The molecular formula is C17H25NO2S. The maximum Gasteiger partial charge on any atom is 0.315 e. The van der Waals surface area contributed by atoms with E-state index in [-0.39, 0.29) is 11.9 Å². The van der Waals surface area contributed by atoms with E-state index in [0.717, 1.165) is 30.9 Å². The molecule has 1 heterocycles. The molecule has 0 aliphatic heterocycles. The van der Waals surface area contributed by atoms with Gasteiger partial charge in [0.15, 0.2) is 0 Å². The molecule has 1 saturated carbocycles. The molecule has 0 radical (unpaired) electrons. The highest BCUT2D eigenvalue weighted by molar-refractivity contribution is 7.11. The van der Waals surface area contributed by atoms with Crippen molar-refractivity contribution in [1.82, 2.24) is 4.98 Å². The first-order chi connectivity index (χ1) is 10.2. The SMILES string of the molecule is CCOC(=O)C1CCCc2sc(C3CCCC(C)C3)nc21. The third kappa shape index (κ3) is 3.15. The molecule has 1 aromatic rings. The fraction of sp³-hybridized carbons (Fsp3) is 0.765. The van der Waals surface area contributed by atoms with Crippen molar-refractivity contribution in [3.05, 3.63) is 15.6 Å². The molecule has 0 aromatic carbocycles. The second kappa shape index (κ2) is 6.47. The van der Waals surface area contributed by atoms with Gasteiger partial charge < -0.3 is 4.74 Å². The Balaban J connectivity index is 1.82. The van der Waals surface area contributed by atoms with Crippen LogP contribution in [0.15, 0.2) is 0 Å². The summed E-state index contributed by atoms with van der Waals surface area (Å²) in [6.45, 7) is 4.68. The number of carbonyl (C=O) groups is 1. The van der Waals surface area contributed by atoms with Crippen molar-refractivity contribution in [2.45, 2.75) is 70.6 Å². The highest BCUT2D eigenvalue weighted by atomic mass is 32.1. The molecule has 0 spiro atoms. The molecule has 2 aliphatic carbocycles. The van der Waals surface area contributed by atoms with Gasteiger partial charge in [0.2, 0.25) is 0 Å². The number of hydrogen-bond acceptors (Lipinski definition) is 4. The number of nitrogens with zero attached hydrogens (tertiary/aromatic N) is 1. The van der Waals surface area contributed by atoms with Crippen LogP contribution in [0, 0.1) is 5.92 Å². The zero-order valence-corrected chi connectivity index (χ0v) is 13.9. The molecule has 0 N–H and O–H groups in total. The van der Waals surface area contributed by atoms with E-state index in [9.17, 15) is 4.79 Å². The maximum absolute atomic E-state index is 12.1. The lowest BCUT2D eigenvalue weighted by molar-refractivity contribution is -0.145. The summed E-state index contributed by atoms with van der Waals surface area (Å²) >= 11 is 1.86. The number of thiazole rings is 1. The second-order valence-corrected chi connectivity index (χ2v) is 7.64. The summed E-state index contributed by atoms with van der Waals surface area (Å²) in [5, 5.41) is 1.28. The number of carbonyl (C=O) groups excluding carboxylic acids is 1. The summed E-state index contributed by atoms with van der Waals surface area (Å²) in [7, 11) is 0. The van der Waals surface area contributed by atoms with Gasteiger partial charge in [-0.05, 0) is 44.9 Å². The fourth-order valence-corrected chi connectivity index (χ4v) is 5.06. The summed E-state index contributed by atoms with van der Waals surface area (Å²) in [5.74, 6) is 1.24. The van der Waals surface area contributed by atoms with E-state index >= 15 is 0 Å². The van der Waals surface area contributed by atoms with Gasteiger partial charge in [0.1, 0.15) is 5.92 Å². The summed E-state index contributed by atoms with van der Waals surface area (Å²) in [6.07, 6.45) is 8.27. The maximum atomic E-state index is 12.1. The molecule has 0 bridgehead atoms. The Morgan fingerprint density at radius 3 is 2.95 bits per heavy atom. The monoisotopic (exact) mass is 307 g/mol. The van der Waals surface area contributed by atoms with Gasteiger partial charge in [0.25, 0.3) is 0 Å². The lowest BCUT2D eigenvalue weighted by Crippen LogP contribution is -2.20. The lowest BCUT2D eigenvalue weighted by atomic mass is 9.83. The smallest absolute Gasteiger partial charge is 0.315 e. The van der Waals surface area contributed by atoms with E-state index in [1.54, 1.807) is 0 Å². The third-order valence-corrected chi connectivity index (χ3v) is 6.12. The van der Waals surface area contributed by atoms with Crippen LogP contribution in [0.3, 0.4) is 0 Å². The molecule has 3 unspecified atom stereocenters. The van der Waals surface area contributed by atoms with Crippen LogP contribution in [0.4, 0.5) is 0 Å². The fourth-order valence-electron chi connectivity index (χ4n) is 3.74. The number of fused-ring (bicyclic) bond motifs is 1. The van der Waals surface area contributed by atoms with Gasteiger partial charge in [-0.1, -0.05) is 19.8 Å². The molecular weight excluding hydrogens is 282 g/mol. The van der Waals surface area contributed by atoms with Crippen molar-refractivity contribution in [3.8, 4) is 0 Å². The highest BCUT2D eigenvalue weighted by Gasteiger charge is 2.33. The quantitative estimate of drug-likeness (QED) is 0.776. The van der Waals surface area contributed by atoms with E-state index in [1.807, 2.05) is 18.3 Å². The van der Waals surface area contributed by atoms with Crippen LogP contribution in [0.5, 0.6) is 0 Å². The number of esters is 1. The van der Waals surface area contributed by atoms with Gasteiger partial charge in [-0.15, -0.1) is 11.3 Å². The summed E-state index contributed by atoms with van der Waals surface area (Å²) in [6, 6.07) is 0. The number of rotatable bonds is 3. The molecule has 3 atom stereocenters. The van der Waals surface area contributed by atoms with Gasteiger partial charge in [-0.3, -0.25) is 4.79 Å². The van der Waals surface area contributed by atoms with Crippen molar-refractivity contribution in [2.24, 2.45) is 5.92 Å². The molecule has 3 rings (SSSR count). The Morgan fingerprint density at radius 1 is 1.33 bits per heavy atom. The minimum atomic E-state index is -0.111. The summed E-state index contributed by atoms with van der Waals surface area (Å²) in [5.41, 5.74) is 1.04. The van der Waals surface area contributed by atoms with Crippen molar-refractivity contribution >= 4 is 17.3 Å². The Labute approximate surface area is 131 Å². The van der Waals surface area contributed by atoms with E-state index < -0.39 is 0 Å². The largest absolute Gasteiger partial charge is 0.465 e. The van der Waals surface area contributed by atoms with Crippen LogP contribution in [0.25, 0.3) is 0 Å². The van der Waals surface area contributed by atoms with Gasteiger partial charge in [-0.25, -0.2) is 4.98 Å². The Kier molecular flexibility index (Phi) is 4.63. The predicted molar refractivity (Wildman–Crippen MR) is 84.8 cm³/mol. The van der Waals surface area contributed by atoms with Crippen LogP contribution >= 0.6 is 11.3 Å². The van der Waals surface area contributed by atoms with Gasteiger partial charge in [0.05, 0.1) is 17.3 Å². The Morgan fingerprint density at radius 2 is 2.19 bits per heavy atom. The van der Waals surface area contributed by atoms with Crippen molar-refractivity contribution in [1.29, 1.82) is 0 Å². The number of ether oxygens (including phenoxy) is 1. The van der Waals surface area contributed by atoms with Crippen LogP contribution in [-0.4, -0.2) is 17.6 Å². The van der Waals surface area contributed by atoms with Crippen LogP contribution in [0.1, 0.15) is 79.8 Å². The van der Waals surface area contributed by atoms with E-state index in [4.69, 9.17) is 9.72 Å². The average Bonchev–Trinajstić information content (AvgIpc) is 2.91. The van der Waals surface area contributed by atoms with Gasteiger partial charge >= 0.3 is 5.97 Å². The highest BCUT2D eigenvalue weighted by Crippen LogP contribution is 2.42. The average molecular weight is 307 g/mol. The van der Waals surface area contributed by atoms with Crippen LogP contribution < -0.4 is 0 Å². The first-order valence-electron chi connectivity index (χ1n) is 8.35. The zero-order valence-electron chi connectivity index (χ0n) is 13.1. The van der Waals surface area contributed by atoms with Crippen LogP contribution in [-0.2, 0) is 16.0 Å². The first-order valence-corrected chi connectivity index (χ1v) is 9.16. The molecule has 21 heavy (non-hydrogen) atoms. The van der Waals surface area contributed by atoms with E-state index in [0.29, 0.717) is 12.5 Å². The number of aromatic nitrogens is 1. The van der Waals surface area contributed by atoms with Gasteiger partial charge in [0, 0.05) is 10.8 Å².